The molecule has 142 valence electrons. The Bertz CT molecular complexity index is 856. The fourth-order valence-electron chi connectivity index (χ4n) is 2.53. The van der Waals surface area contributed by atoms with Crippen LogP contribution in [0.1, 0.15) is 30.2 Å². The lowest BCUT2D eigenvalue weighted by Gasteiger charge is -2.10. The van der Waals surface area contributed by atoms with Crippen molar-refractivity contribution in [3.8, 4) is 11.5 Å². The van der Waals surface area contributed by atoms with Gasteiger partial charge in [0.1, 0.15) is 12.0 Å². The van der Waals surface area contributed by atoms with Gasteiger partial charge in [0.15, 0.2) is 5.96 Å². The highest BCUT2D eigenvalue weighted by molar-refractivity contribution is 7.09. The summed E-state index contributed by atoms with van der Waals surface area (Å²) in [4.78, 5) is 13.7. The van der Waals surface area contributed by atoms with Crippen molar-refractivity contribution < 1.29 is 4.42 Å². The third-order valence-corrected chi connectivity index (χ3v) is 4.93. The molecule has 0 spiro atoms. The van der Waals surface area contributed by atoms with E-state index in [0.29, 0.717) is 12.4 Å². The second-order valence-electron chi connectivity index (χ2n) is 5.97. The molecule has 0 saturated carbocycles. The molecule has 0 aliphatic heterocycles. The molecule has 0 aliphatic rings. The van der Waals surface area contributed by atoms with E-state index in [1.165, 1.54) is 5.01 Å². The molecule has 1 aromatic carbocycles. The quantitative estimate of drug-likeness (QED) is 0.459. The first kappa shape index (κ1) is 19.1. The molecule has 0 aliphatic carbocycles. The van der Waals surface area contributed by atoms with E-state index in [0.717, 1.165) is 48.8 Å². The van der Waals surface area contributed by atoms with Crippen LogP contribution in [0.25, 0.3) is 11.5 Å². The number of hydrogen-bond acceptors (Lipinski definition) is 5. The number of nitrogens with zero attached hydrogens (tertiary/aromatic N) is 3. The monoisotopic (exact) mass is 383 g/mol. The Morgan fingerprint density at radius 2 is 1.96 bits per heavy atom. The minimum atomic E-state index is 0.461. The third-order valence-electron chi connectivity index (χ3n) is 3.89. The van der Waals surface area contributed by atoms with Gasteiger partial charge in [-0.1, -0.05) is 25.1 Å². The molecule has 0 unspecified atom stereocenters. The molecular weight excluding hydrogens is 358 g/mol. The summed E-state index contributed by atoms with van der Waals surface area (Å²) in [5.41, 5.74) is 2.90. The van der Waals surface area contributed by atoms with Crippen molar-refractivity contribution in [3.63, 3.8) is 0 Å². The van der Waals surface area contributed by atoms with E-state index in [1.807, 2.05) is 30.3 Å². The van der Waals surface area contributed by atoms with Gasteiger partial charge in [0, 0.05) is 30.5 Å². The summed E-state index contributed by atoms with van der Waals surface area (Å²) < 4.78 is 5.57. The number of aliphatic imine (C=N–C) groups is 1. The van der Waals surface area contributed by atoms with Gasteiger partial charge in [-0.2, -0.15) is 0 Å². The number of hydrogen-bond donors (Lipinski definition) is 2. The number of aromatic nitrogens is 2. The smallest absolute Gasteiger partial charge is 0.226 e. The molecule has 3 aromatic rings. The second kappa shape index (κ2) is 9.87. The molecule has 0 atom stereocenters. The van der Waals surface area contributed by atoms with Crippen molar-refractivity contribution in [1.82, 2.24) is 20.6 Å². The van der Waals surface area contributed by atoms with Crippen molar-refractivity contribution >= 4 is 17.3 Å². The zero-order valence-corrected chi connectivity index (χ0v) is 16.6. The maximum absolute atomic E-state index is 5.57. The fraction of sp³-hybridized carbons (Fsp3) is 0.350. The lowest BCUT2D eigenvalue weighted by Crippen LogP contribution is -2.38. The Morgan fingerprint density at radius 3 is 2.70 bits per heavy atom. The molecule has 7 heteroatoms. The third kappa shape index (κ3) is 5.65. The normalized spacial score (nSPS) is 11.6. The summed E-state index contributed by atoms with van der Waals surface area (Å²) in [6, 6.07) is 9.87. The average Bonchev–Trinajstić information content (AvgIpc) is 3.36. The maximum atomic E-state index is 5.57. The average molecular weight is 384 g/mol. The second-order valence-corrected chi connectivity index (χ2v) is 6.91. The van der Waals surface area contributed by atoms with E-state index in [1.54, 1.807) is 17.6 Å². The van der Waals surface area contributed by atoms with E-state index >= 15 is 0 Å². The van der Waals surface area contributed by atoms with Crippen LogP contribution in [0, 0.1) is 0 Å². The molecule has 2 aromatic heterocycles. The van der Waals surface area contributed by atoms with E-state index in [2.05, 4.69) is 44.8 Å². The van der Waals surface area contributed by atoms with E-state index in [-0.39, 0.29) is 0 Å². The topological polar surface area (TPSA) is 75.3 Å². The van der Waals surface area contributed by atoms with Crippen molar-refractivity contribution in [3.05, 3.63) is 58.4 Å². The Morgan fingerprint density at radius 1 is 1.11 bits per heavy atom. The van der Waals surface area contributed by atoms with Crippen molar-refractivity contribution in [1.29, 1.82) is 0 Å². The number of oxazole rings is 1. The SMILES string of the molecule is CCNC(=NCc1coc(-c2ccccc2)n1)NCCc1csc(CC)n1. The fourth-order valence-corrected chi connectivity index (χ4v) is 3.31. The first-order valence-electron chi connectivity index (χ1n) is 9.23. The highest BCUT2D eigenvalue weighted by atomic mass is 32.1. The van der Waals surface area contributed by atoms with Crippen LogP contribution in [0.3, 0.4) is 0 Å². The van der Waals surface area contributed by atoms with Crippen LogP contribution in [-0.4, -0.2) is 29.0 Å². The zero-order valence-electron chi connectivity index (χ0n) is 15.7. The number of thiazole rings is 1. The van der Waals surface area contributed by atoms with Gasteiger partial charge < -0.3 is 15.1 Å². The van der Waals surface area contributed by atoms with Crippen LogP contribution < -0.4 is 10.6 Å². The molecule has 27 heavy (non-hydrogen) atoms. The van der Waals surface area contributed by atoms with E-state index < -0.39 is 0 Å². The Balaban J connectivity index is 1.54. The molecule has 0 amide bonds. The minimum Gasteiger partial charge on any atom is -0.444 e. The molecule has 0 bridgehead atoms. The summed E-state index contributed by atoms with van der Waals surface area (Å²) in [6.07, 6.45) is 3.53. The molecule has 2 N–H and O–H groups in total. The zero-order chi connectivity index (χ0) is 18.9. The van der Waals surface area contributed by atoms with Crippen molar-refractivity contribution in [2.45, 2.75) is 33.2 Å². The molecule has 3 rings (SSSR count). The molecule has 0 radical (unpaired) electrons. The predicted octanol–water partition coefficient (Wildman–Crippen LogP) is 3.66. The lowest BCUT2D eigenvalue weighted by molar-refractivity contribution is 0.572. The number of aryl methyl sites for hydroxylation is 1. The number of guanidine groups is 1. The van der Waals surface area contributed by atoms with Gasteiger partial charge in [-0.3, -0.25) is 0 Å². The van der Waals surface area contributed by atoms with Gasteiger partial charge in [-0.05, 0) is 25.5 Å². The van der Waals surface area contributed by atoms with Crippen LogP contribution in [0.2, 0.25) is 0 Å². The van der Waals surface area contributed by atoms with Crippen molar-refractivity contribution in [2.75, 3.05) is 13.1 Å². The maximum Gasteiger partial charge on any atom is 0.226 e. The van der Waals surface area contributed by atoms with E-state index in [4.69, 9.17) is 4.42 Å². The van der Waals surface area contributed by atoms with E-state index in [9.17, 15) is 0 Å². The first-order chi connectivity index (χ1) is 13.3. The number of benzene rings is 1. The van der Waals surface area contributed by atoms with Crippen LogP contribution >= 0.6 is 11.3 Å². The van der Waals surface area contributed by atoms with Crippen LogP contribution in [-0.2, 0) is 19.4 Å². The first-order valence-corrected chi connectivity index (χ1v) is 10.1. The van der Waals surface area contributed by atoms with Gasteiger partial charge in [0.05, 0.1) is 17.2 Å². The van der Waals surface area contributed by atoms with Crippen LogP contribution in [0.15, 0.2) is 51.4 Å². The summed E-state index contributed by atoms with van der Waals surface area (Å²) in [5, 5.41) is 9.92. The van der Waals surface area contributed by atoms with Crippen LogP contribution in [0.4, 0.5) is 0 Å². The molecule has 0 fully saturated rings. The standard InChI is InChI=1S/C20H25N5OS/c1-3-18-24-16(14-27-18)10-11-22-20(21-4-2)23-12-17-13-26-19(25-17)15-8-6-5-7-9-15/h5-9,13-14H,3-4,10-12H2,1-2H3,(H2,21,22,23). The number of nitrogens with one attached hydrogen (secondary N) is 2. The van der Waals surface area contributed by atoms with Gasteiger partial charge in [0.2, 0.25) is 5.89 Å². The Kier molecular flexibility index (Phi) is 6.98. The summed E-state index contributed by atoms with van der Waals surface area (Å²) in [6.45, 7) is 6.23. The number of rotatable bonds is 8. The van der Waals surface area contributed by atoms with Crippen LogP contribution in [0.5, 0.6) is 0 Å². The Hall–Kier alpha value is -2.67. The molecular formula is C20H25N5OS. The largest absolute Gasteiger partial charge is 0.444 e. The van der Waals surface area contributed by atoms with Gasteiger partial charge >= 0.3 is 0 Å². The highest BCUT2D eigenvalue weighted by Crippen LogP contribution is 2.18. The summed E-state index contributed by atoms with van der Waals surface area (Å²) in [5.74, 6) is 1.39. The van der Waals surface area contributed by atoms with Gasteiger partial charge in [-0.25, -0.2) is 15.0 Å². The van der Waals surface area contributed by atoms with Crippen molar-refractivity contribution in [2.24, 2.45) is 4.99 Å². The molecule has 6 nitrogen and oxygen atoms in total. The summed E-state index contributed by atoms with van der Waals surface area (Å²) in [7, 11) is 0. The van der Waals surface area contributed by atoms with Gasteiger partial charge in [-0.15, -0.1) is 11.3 Å². The predicted molar refractivity (Wildman–Crippen MR) is 110 cm³/mol. The minimum absolute atomic E-state index is 0.461. The highest BCUT2D eigenvalue weighted by Gasteiger charge is 2.06. The molecule has 2 heterocycles. The summed E-state index contributed by atoms with van der Waals surface area (Å²) >= 11 is 1.72. The molecule has 0 saturated heterocycles. The van der Waals surface area contributed by atoms with Gasteiger partial charge in [0.25, 0.3) is 0 Å². The lowest BCUT2D eigenvalue weighted by atomic mass is 10.2. The Labute approximate surface area is 163 Å².